The SMILES string of the molecule is N#CC(C#N)=C1C[C@@H]2C=C[C@H]1C2. The van der Waals surface area contributed by atoms with E-state index in [1.165, 1.54) is 0 Å². The third kappa shape index (κ3) is 0.855. The fraction of sp³-hybridized carbons (Fsp3) is 0.400. The minimum atomic E-state index is 0.340. The first-order valence-electron chi connectivity index (χ1n) is 4.06. The van der Waals surface area contributed by atoms with Gasteiger partial charge in [-0.3, -0.25) is 0 Å². The van der Waals surface area contributed by atoms with E-state index in [4.69, 9.17) is 10.5 Å². The van der Waals surface area contributed by atoms with Gasteiger partial charge in [0.05, 0.1) is 0 Å². The molecule has 1 saturated carbocycles. The van der Waals surface area contributed by atoms with Crippen LogP contribution in [0, 0.1) is 34.5 Å². The summed E-state index contributed by atoms with van der Waals surface area (Å²) in [4.78, 5) is 0. The molecule has 2 bridgehead atoms. The summed E-state index contributed by atoms with van der Waals surface area (Å²) in [7, 11) is 0. The summed E-state index contributed by atoms with van der Waals surface area (Å²) in [6, 6.07) is 3.93. The maximum Gasteiger partial charge on any atom is 0.129 e. The molecule has 0 N–H and O–H groups in total. The van der Waals surface area contributed by atoms with Crippen molar-refractivity contribution in [3.63, 3.8) is 0 Å². The highest BCUT2D eigenvalue weighted by atomic mass is 14.4. The topological polar surface area (TPSA) is 47.6 Å². The molecule has 0 spiro atoms. The summed E-state index contributed by atoms with van der Waals surface area (Å²) < 4.78 is 0. The van der Waals surface area contributed by atoms with E-state index in [2.05, 4.69) is 12.2 Å². The van der Waals surface area contributed by atoms with E-state index in [9.17, 15) is 0 Å². The number of allylic oxidation sites excluding steroid dienone is 4. The molecule has 0 radical (unpaired) electrons. The number of nitrogens with zero attached hydrogens (tertiary/aromatic N) is 2. The summed E-state index contributed by atoms with van der Waals surface area (Å²) in [5, 5.41) is 17.3. The van der Waals surface area contributed by atoms with E-state index in [1.54, 1.807) is 0 Å². The van der Waals surface area contributed by atoms with Crippen molar-refractivity contribution in [1.29, 1.82) is 10.5 Å². The van der Waals surface area contributed by atoms with E-state index >= 15 is 0 Å². The first-order valence-corrected chi connectivity index (χ1v) is 4.06. The van der Waals surface area contributed by atoms with Gasteiger partial charge < -0.3 is 0 Å². The van der Waals surface area contributed by atoms with Gasteiger partial charge in [-0.05, 0) is 24.3 Å². The largest absolute Gasteiger partial charge is 0.192 e. The quantitative estimate of drug-likeness (QED) is 0.397. The molecule has 2 atom stereocenters. The molecular formula is C10H8N2. The van der Waals surface area contributed by atoms with Crippen LogP contribution in [0.3, 0.4) is 0 Å². The molecular weight excluding hydrogens is 148 g/mol. The zero-order valence-electron chi connectivity index (χ0n) is 6.62. The lowest BCUT2D eigenvalue weighted by Gasteiger charge is -2.06. The van der Waals surface area contributed by atoms with Crippen molar-refractivity contribution >= 4 is 0 Å². The molecule has 1 fully saturated rings. The van der Waals surface area contributed by atoms with Crippen molar-refractivity contribution in [2.75, 3.05) is 0 Å². The van der Waals surface area contributed by atoms with Crippen molar-refractivity contribution in [3.05, 3.63) is 23.3 Å². The lowest BCUT2D eigenvalue weighted by Crippen LogP contribution is -1.95. The van der Waals surface area contributed by atoms with Gasteiger partial charge in [-0.2, -0.15) is 10.5 Å². The van der Waals surface area contributed by atoms with Crippen LogP contribution in [0.15, 0.2) is 23.3 Å². The van der Waals surface area contributed by atoms with Gasteiger partial charge in [-0.15, -0.1) is 0 Å². The number of hydrogen-bond acceptors (Lipinski definition) is 2. The molecule has 0 amide bonds. The van der Waals surface area contributed by atoms with Gasteiger partial charge in [-0.25, -0.2) is 0 Å². The Morgan fingerprint density at radius 2 is 2.08 bits per heavy atom. The number of nitriles is 2. The number of fused-ring (bicyclic) bond motifs is 2. The molecule has 2 aliphatic carbocycles. The van der Waals surface area contributed by atoms with E-state index in [1.807, 2.05) is 12.1 Å². The summed E-state index contributed by atoms with van der Waals surface area (Å²) in [5.41, 5.74) is 1.40. The highest BCUT2D eigenvalue weighted by Crippen LogP contribution is 2.44. The predicted molar refractivity (Wildman–Crippen MR) is 43.6 cm³/mol. The third-order valence-corrected chi connectivity index (χ3v) is 2.65. The first-order chi connectivity index (χ1) is 5.85. The minimum Gasteiger partial charge on any atom is -0.192 e. The van der Waals surface area contributed by atoms with Crippen LogP contribution in [0.1, 0.15) is 12.8 Å². The van der Waals surface area contributed by atoms with Gasteiger partial charge in [0, 0.05) is 5.92 Å². The zero-order valence-corrected chi connectivity index (χ0v) is 6.62. The van der Waals surface area contributed by atoms with Crippen molar-refractivity contribution in [2.24, 2.45) is 11.8 Å². The van der Waals surface area contributed by atoms with Crippen LogP contribution < -0.4 is 0 Å². The van der Waals surface area contributed by atoms with Crippen LogP contribution in [0.4, 0.5) is 0 Å². The Labute approximate surface area is 71.4 Å². The molecule has 0 aliphatic heterocycles. The average molecular weight is 156 g/mol. The maximum absolute atomic E-state index is 8.66. The van der Waals surface area contributed by atoms with Gasteiger partial charge >= 0.3 is 0 Å². The van der Waals surface area contributed by atoms with Crippen molar-refractivity contribution in [2.45, 2.75) is 12.8 Å². The van der Waals surface area contributed by atoms with Crippen molar-refractivity contribution < 1.29 is 0 Å². The Morgan fingerprint density at radius 1 is 1.33 bits per heavy atom. The molecule has 2 rings (SSSR count). The van der Waals surface area contributed by atoms with Crippen molar-refractivity contribution in [3.8, 4) is 12.1 Å². The molecule has 0 aromatic heterocycles. The lowest BCUT2D eigenvalue weighted by molar-refractivity contribution is 0.693. The maximum atomic E-state index is 8.66. The summed E-state index contributed by atoms with van der Waals surface area (Å²) >= 11 is 0. The molecule has 0 aromatic carbocycles. The monoisotopic (exact) mass is 156 g/mol. The van der Waals surface area contributed by atoms with E-state index in [0.29, 0.717) is 17.4 Å². The van der Waals surface area contributed by atoms with E-state index in [0.717, 1.165) is 18.4 Å². The van der Waals surface area contributed by atoms with Crippen LogP contribution >= 0.6 is 0 Å². The Balaban J connectivity index is 2.40. The van der Waals surface area contributed by atoms with Crippen LogP contribution in [0.5, 0.6) is 0 Å². The highest BCUT2D eigenvalue weighted by molar-refractivity contribution is 5.45. The first kappa shape index (κ1) is 7.13. The van der Waals surface area contributed by atoms with Gasteiger partial charge in [0.2, 0.25) is 0 Å². The van der Waals surface area contributed by atoms with Gasteiger partial charge in [0.1, 0.15) is 17.7 Å². The molecule has 2 aliphatic rings. The smallest absolute Gasteiger partial charge is 0.129 e. The molecule has 0 heterocycles. The van der Waals surface area contributed by atoms with Crippen LogP contribution in [0.25, 0.3) is 0 Å². The second-order valence-electron chi connectivity index (χ2n) is 3.32. The van der Waals surface area contributed by atoms with Gasteiger partial charge in [0.15, 0.2) is 0 Å². The lowest BCUT2D eigenvalue weighted by atomic mass is 9.96. The fourth-order valence-corrected chi connectivity index (χ4v) is 2.07. The molecule has 12 heavy (non-hydrogen) atoms. The number of rotatable bonds is 0. The third-order valence-electron chi connectivity index (χ3n) is 2.65. The summed E-state index contributed by atoms with van der Waals surface area (Å²) in [6.45, 7) is 0. The van der Waals surface area contributed by atoms with Crippen molar-refractivity contribution in [1.82, 2.24) is 0 Å². The Bertz CT molecular complexity index is 333. The van der Waals surface area contributed by atoms with Gasteiger partial charge in [0.25, 0.3) is 0 Å². The summed E-state index contributed by atoms with van der Waals surface area (Å²) in [6.07, 6.45) is 6.36. The average Bonchev–Trinajstić information content (AvgIpc) is 2.67. The molecule has 2 heteroatoms. The highest BCUT2D eigenvalue weighted by Gasteiger charge is 2.32. The summed E-state index contributed by atoms with van der Waals surface area (Å²) in [5.74, 6) is 0.992. The van der Waals surface area contributed by atoms with Crippen LogP contribution in [-0.4, -0.2) is 0 Å². The Morgan fingerprint density at radius 3 is 2.50 bits per heavy atom. The second-order valence-corrected chi connectivity index (χ2v) is 3.32. The molecule has 2 nitrogen and oxygen atoms in total. The van der Waals surface area contributed by atoms with E-state index in [-0.39, 0.29) is 0 Å². The molecule has 0 saturated heterocycles. The Kier molecular flexibility index (Phi) is 1.48. The minimum absolute atomic E-state index is 0.340. The fourth-order valence-electron chi connectivity index (χ4n) is 2.07. The zero-order chi connectivity index (χ0) is 8.55. The van der Waals surface area contributed by atoms with Crippen LogP contribution in [0.2, 0.25) is 0 Å². The van der Waals surface area contributed by atoms with Gasteiger partial charge in [-0.1, -0.05) is 12.2 Å². The standard InChI is InChI=1S/C10H8N2/c11-5-9(6-12)10-4-7-1-2-8(10)3-7/h1-2,7-8H,3-4H2/t7-,8+/m1/s1. The Hall–Kier alpha value is -1.54. The second kappa shape index (κ2) is 2.50. The predicted octanol–water partition coefficient (Wildman–Crippen LogP) is 1.93. The molecule has 58 valence electrons. The normalized spacial score (nSPS) is 30.0. The molecule has 0 unspecified atom stereocenters. The van der Waals surface area contributed by atoms with Crippen LogP contribution in [-0.2, 0) is 0 Å². The number of hydrogen-bond donors (Lipinski definition) is 0. The van der Waals surface area contributed by atoms with E-state index < -0.39 is 0 Å². The molecule has 0 aromatic rings.